The summed E-state index contributed by atoms with van der Waals surface area (Å²) in [6.07, 6.45) is -5.00. The number of amides is 1. The summed E-state index contributed by atoms with van der Waals surface area (Å²) in [5, 5.41) is 0.686. The number of primary amides is 1. The van der Waals surface area contributed by atoms with Crippen LogP contribution in [0, 0.1) is 18.7 Å². The Balaban J connectivity index is 3.35. The monoisotopic (exact) mass is 239 g/mol. The van der Waals surface area contributed by atoms with Gasteiger partial charge in [-0.15, -0.1) is 7.05 Å². The molecular weight excluding hydrogens is 233 g/mol. The molecule has 0 heterocycles. The van der Waals surface area contributed by atoms with E-state index in [9.17, 15) is 26.7 Å². The van der Waals surface area contributed by atoms with Crippen LogP contribution in [0.25, 0.3) is 0 Å². The third-order valence-electron chi connectivity index (χ3n) is 1.84. The summed E-state index contributed by atoms with van der Waals surface area (Å²) in [6.45, 7) is 0. The van der Waals surface area contributed by atoms with E-state index in [4.69, 9.17) is 0 Å². The number of halogens is 5. The molecule has 1 amide bonds. The Labute approximate surface area is 87.1 Å². The third kappa shape index (κ3) is 2.19. The van der Waals surface area contributed by atoms with Gasteiger partial charge in [0.15, 0.2) is 11.6 Å². The van der Waals surface area contributed by atoms with Crippen molar-refractivity contribution in [2.45, 2.75) is 6.18 Å². The minimum Gasteiger partial charge on any atom is -0.411 e. The van der Waals surface area contributed by atoms with Crippen molar-refractivity contribution in [2.75, 3.05) is 0 Å². The molecule has 0 radical (unpaired) electrons. The first-order valence-corrected chi connectivity index (χ1v) is 4.01. The molecule has 1 rings (SSSR count). The van der Waals surface area contributed by atoms with E-state index in [2.05, 4.69) is 7.05 Å². The molecule has 88 valence electrons. The van der Waals surface area contributed by atoms with Gasteiger partial charge in [0.1, 0.15) is 5.56 Å². The zero-order chi connectivity index (χ0) is 12.5. The minimum atomic E-state index is -5.00. The van der Waals surface area contributed by atoms with Gasteiger partial charge in [0.2, 0.25) is 0 Å². The summed E-state index contributed by atoms with van der Waals surface area (Å²) in [5.41, 5.74) is -2.52. The van der Waals surface area contributed by atoms with Gasteiger partial charge in [0, 0.05) is 0 Å². The van der Waals surface area contributed by atoms with Gasteiger partial charge in [-0.1, -0.05) is 0 Å². The minimum absolute atomic E-state index is 0.315. The highest BCUT2D eigenvalue weighted by atomic mass is 19.4. The Morgan fingerprint density at radius 3 is 2.19 bits per heavy atom. The molecule has 2 nitrogen and oxygen atoms in total. The quantitative estimate of drug-likeness (QED) is 0.584. The van der Waals surface area contributed by atoms with E-state index in [0.717, 1.165) is 0 Å². The average molecular weight is 239 g/mol. The summed E-state index contributed by atoms with van der Waals surface area (Å²) >= 11 is 0. The first-order valence-electron chi connectivity index (χ1n) is 4.01. The molecule has 0 saturated carbocycles. The Hall–Kier alpha value is -1.50. The SMILES string of the molecule is [CH2-][NH2+]C(=O)c1ccc(C(F)(F)F)c(F)c1F. The summed E-state index contributed by atoms with van der Waals surface area (Å²) in [5.74, 6) is -4.88. The summed E-state index contributed by atoms with van der Waals surface area (Å²) < 4.78 is 62.5. The summed E-state index contributed by atoms with van der Waals surface area (Å²) in [4.78, 5) is 10.9. The van der Waals surface area contributed by atoms with Crippen LogP contribution >= 0.6 is 0 Å². The van der Waals surface area contributed by atoms with Crippen molar-refractivity contribution in [3.05, 3.63) is 41.9 Å². The maximum Gasteiger partial charge on any atom is 0.419 e. The van der Waals surface area contributed by atoms with Crippen LogP contribution in [0.4, 0.5) is 22.0 Å². The van der Waals surface area contributed by atoms with Gasteiger partial charge >= 0.3 is 12.1 Å². The molecule has 16 heavy (non-hydrogen) atoms. The molecule has 0 aliphatic rings. The Morgan fingerprint density at radius 1 is 1.19 bits per heavy atom. The predicted octanol–water partition coefficient (Wildman–Crippen LogP) is 1.48. The van der Waals surface area contributed by atoms with Crippen LogP contribution in [-0.4, -0.2) is 5.91 Å². The van der Waals surface area contributed by atoms with E-state index in [1.54, 1.807) is 0 Å². The number of rotatable bonds is 1. The summed E-state index contributed by atoms with van der Waals surface area (Å²) in [6, 6.07) is 0.889. The highest BCUT2D eigenvalue weighted by Gasteiger charge is 2.36. The molecular formula is C9H6F5NO. The lowest BCUT2D eigenvalue weighted by Gasteiger charge is -2.09. The van der Waals surface area contributed by atoms with E-state index in [0.29, 0.717) is 17.4 Å². The van der Waals surface area contributed by atoms with Crippen molar-refractivity contribution in [3.63, 3.8) is 0 Å². The van der Waals surface area contributed by atoms with Gasteiger partial charge in [0.05, 0.1) is 5.56 Å². The predicted molar refractivity (Wildman–Crippen MR) is 43.0 cm³/mol. The molecule has 2 N–H and O–H groups in total. The number of quaternary nitrogens is 1. The number of hydrogen-bond acceptors (Lipinski definition) is 1. The standard InChI is InChI=1S/C9H6F5NO/c1-15-8(16)4-2-3-5(9(12,13)14)7(11)6(4)10/h2-3H,1,15H2. The topological polar surface area (TPSA) is 33.7 Å². The fraction of sp³-hybridized carbons (Fsp3) is 0.111. The van der Waals surface area contributed by atoms with Gasteiger partial charge in [-0.2, -0.15) is 13.2 Å². The molecule has 0 fully saturated rings. The first-order chi connectivity index (χ1) is 7.29. The van der Waals surface area contributed by atoms with Gasteiger partial charge in [-0.3, -0.25) is 0 Å². The highest BCUT2D eigenvalue weighted by Crippen LogP contribution is 2.32. The summed E-state index contributed by atoms with van der Waals surface area (Å²) in [7, 11) is 3.02. The molecule has 0 aliphatic heterocycles. The van der Waals surface area contributed by atoms with Crippen LogP contribution in [-0.2, 0) is 6.18 Å². The van der Waals surface area contributed by atoms with Crippen molar-refractivity contribution < 1.29 is 32.1 Å². The Morgan fingerprint density at radius 2 is 1.75 bits per heavy atom. The lowest BCUT2D eigenvalue weighted by atomic mass is 10.1. The molecule has 0 aromatic heterocycles. The second-order valence-electron chi connectivity index (χ2n) is 2.85. The fourth-order valence-electron chi connectivity index (χ4n) is 1.07. The Kier molecular flexibility index (Phi) is 3.27. The number of benzene rings is 1. The third-order valence-corrected chi connectivity index (χ3v) is 1.84. The number of nitrogens with two attached hydrogens (primary N) is 1. The van der Waals surface area contributed by atoms with E-state index >= 15 is 0 Å². The van der Waals surface area contributed by atoms with E-state index < -0.39 is 34.8 Å². The molecule has 0 unspecified atom stereocenters. The lowest BCUT2D eigenvalue weighted by Crippen LogP contribution is -2.81. The van der Waals surface area contributed by atoms with E-state index in [-0.39, 0.29) is 0 Å². The average Bonchev–Trinajstić information content (AvgIpc) is 2.19. The van der Waals surface area contributed by atoms with Crippen molar-refractivity contribution >= 4 is 5.91 Å². The van der Waals surface area contributed by atoms with Crippen molar-refractivity contribution in [2.24, 2.45) is 0 Å². The van der Waals surface area contributed by atoms with Crippen LogP contribution in [0.2, 0.25) is 0 Å². The van der Waals surface area contributed by atoms with Gasteiger partial charge in [-0.25, -0.2) is 13.6 Å². The molecule has 0 aliphatic carbocycles. The zero-order valence-corrected chi connectivity index (χ0v) is 7.74. The molecule has 0 spiro atoms. The van der Waals surface area contributed by atoms with E-state index in [1.807, 2.05) is 0 Å². The van der Waals surface area contributed by atoms with Crippen LogP contribution in [0.1, 0.15) is 15.9 Å². The van der Waals surface area contributed by atoms with Gasteiger partial charge in [-0.05, 0) is 12.1 Å². The first kappa shape index (κ1) is 12.6. The molecule has 7 heteroatoms. The van der Waals surface area contributed by atoms with Gasteiger partial charge < -0.3 is 5.32 Å². The van der Waals surface area contributed by atoms with Crippen LogP contribution < -0.4 is 5.32 Å². The van der Waals surface area contributed by atoms with Crippen LogP contribution in [0.3, 0.4) is 0 Å². The number of carbonyl (C=O) groups is 1. The molecule has 1 aromatic carbocycles. The Bertz CT molecular complexity index is 427. The molecule has 0 bridgehead atoms. The van der Waals surface area contributed by atoms with Crippen LogP contribution in [0.5, 0.6) is 0 Å². The highest BCUT2D eigenvalue weighted by molar-refractivity contribution is 5.87. The fourth-order valence-corrected chi connectivity index (χ4v) is 1.07. The van der Waals surface area contributed by atoms with E-state index in [1.165, 1.54) is 0 Å². The van der Waals surface area contributed by atoms with Gasteiger partial charge in [0.25, 0.3) is 0 Å². The van der Waals surface area contributed by atoms with Crippen molar-refractivity contribution in [1.29, 1.82) is 0 Å². The second kappa shape index (κ2) is 4.17. The number of hydrogen-bond donors (Lipinski definition) is 1. The van der Waals surface area contributed by atoms with Crippen molar-refractivity contribution in [3.8, 4) is 0 Å². The smallest absolute Gasteiger partial charge is 0.411 e. The largest absolute Gasteiger partial charge is 0.419 e. The zero-order valence-electron chi connectivity index (χ0n) is 7.74. The second-order valence-corrected chi connectivity index (χ2v) is 2.85. The molecule has 0 atom stereocenters. The van der Waals surface area contributed by atoms with Crippen molar-refractivity contribution in [1.82, 2.24) is 0 Å². The van der Waals surface area contributed by atoms with Crippen LogP contribution in [0.15, 0.2) is 12.1 Å². The molecule has 0 saturated heterocycles. The maximum atomic E-state index is 13.1. The number of alkyl halides is 3. The number of carbonyl (C=O) groups excluding carboxylic acids is 1. The maximum absolute atomic E-state index is 13.1. The normalized spacial score (nSPS) is 11.6. The lowest BCUT2D eigenvalue weighted by molar-refractivity contribution is -0.489. The molecule has 1 aromatic rings.